The zero-order valence-corrected chi connectivity index (χ0v) is 17.9. The van der Waals surface area contributed by atoms with E-state index >= 15 is 0 Å². The van der Waals surface area contributed by atoms with E-state index in [1.807, 2.05) is 43.9 Å². The van der Waals surface area contributed by atoms with Gasteiger partial charge in [0.25, 0.3) is 11.1 Å². The van der Waals surface area contributed by atoms with E-state index in [0.29, 0.717) is 17.2 Å². The van der Waals surface area contributed by atoms with Crippen LogP contribution in [0.1, 0.15) is 56.5 Å². The molecule has 6 nitrogen and oxygen atoms in total. The van der Waals surface area contributed by atoms with E-state index in [0.717, 1.165) is 42.7 Å². The Morgan fingerprint density at radius 2 is 2.18 bits per heavy atom. The molecule has 7 heteroatoms. The van der Waals surface area contributed by atoms with Crippen LogP contribution in [0.25, 0.3) is 0 Å². The number of carbonyl (C=O) groups excluding carboxylic acids is 1. The van der Waals surface area contributed by atoms with E-state index in [1.54, 1.807) is 0 Å². The van der Waals surface area contributed by atoms with Crippen LogP contribution in [0.15, 0.2) is 27.8 Å². The van der Waals surface area contributed by atoms with Crippen LogP contribution in [0.4, 0.5) is 0 Å². The van der Waals surface area contributed by atoms with Gasteiger partial charge in [0, 0.05) is 12.6 Å². The third-order valence-corrected chi connectivity index (χ3v) is 6.07. The first-order valence-corrected chi connectivity index (χ1v) is 10.9. The van der Waals surface area contributed by atoms with Crippen molar-refractivity contribution in [3.05, 3.63) is 35.2 Å². The average Bonchev–Trinajstić information content (AvgIpc) is 3.15. The molecule has 28 heavy (non-hydrogen) atoms. The Kier molecular flexibility index (Phi) is 6.99. The van der Waals surface area contributed by atoms with Crippen LogP contribution >= 0.6 is 11.8 Å². The lowest BCUT2D eigenvalue weighted by atomic mass is 10.00. The van der Waals surface area contributed by atoms with Crippen molar-refractivity contribution in [1.29, 1.82) is 0 Å². The van der Waals surface area contributed by atoms with Gasteiger partial charge in [-0.2, -0.15) is 0 Å². The van der Waals surface area contributed by atoms with Gasteiger partial charge in [-0.05, 0) is 63.6 Å². The molecule has 2 unspecified atom stereocenters. The molecule has 0 radical (unpaired) electrons. The molecule has 1 saturated heterocycles. The summed E-state index contributed by atoms with van der Waals surface area (Å²) in [4.78, 5) is 14.9. The number of hydrogen-bond donors (Lipinski definition) is 0. The van der Waals surface area contributed by atoms with Crippen molar-refractivity contribution >= 4 is 17.7 Å². The fraction of sp³-hybridized carbons (Fsp3) is 0.571. The highest BCUT2D eigenvalue weighted by molar-refractivity contribution is 8.00. The quantitative estimate of drug-likeness (QED) is 0.632. The Morgan fingerprint density at radius 1 is 1.36 bits per heavy atom. The summed E-state index contributed by atoms with van der Waals surface area (Å²) in [7, 11) is 0. The number of ether oxygens (including phenoxy) is 1. The largest absolute Gasteiger partial charge is 0.484 e. The number of likely N-dealkylation sites (tertiary alicyclic amines) is 1. The van der Waals surface area contributed by atoms with Crippen LogP contribution in [0.5, 0.6) is 5.75 Å². The van der Waals surface area contributed by atoms with Gasteiger partial charge in [-0.1, -0.05) is 30.8 Å². The molecule has 3 rings (SSSR count). The van der Waals surface area contributed by atoms with Gasteiger partial charge in [-0.15, -0.1) is 10.2 Å². The summed E-state index contributed by atoms with van der Waals surface area (Å²) in [5, 5.41) is 8.28. The molecular weight excluding hydrogens is 374 g/mol. The van der Waals surface area contributed by atoms with Gasteiger partial charge in [0.15, 0.2) is 6.61 Å². The van der Waals surface area contributed by atoms with Gasteiger partial charge in [0.05, 0.1) is 5.25 Å². The molecule has 152 valence electrons. The molecule has 2 atom stereocenters. The molecule has 1 amide bonds. The fourth-order valence-corrected chi connectivity index (χ4v) is 4.27. The molecule has 0 N–H and O–H groups in total. The Balaban J connectivity index is 1.56. The molecule has 0 spiro atoms. The minimum Gasteiger partial charge on any atom is -0.484 e. The van der Waals surface area contributed by atoms with Gasteiger partial charge in [-0.25, -0.2) is 0 Å². The second-order valence-electron chi connectivity index (χ2n) is 7.37. The third-order valence-electron chi connectivity index (χ3n) is 5.15. The molecule has 1 aromatic heterocycles. The number of aromatic nitrogens is 2. The number of benzene rings is 1. The highest BCUT2D eigenvalue weighted by Crippen LogP contribution is 2.27. The Hall–Kier alpha value is -2.02. The minimum atomic E-state index is -0.250. The van der Waals surface area contributed by atoms with Crippen molar-refractivity contribution in [2.45, 2.75) is 76.5 Å². The first-order chi connectivity index (χ1) is 13.5. The molecule has 1 aliphatic rings. The van der Waals surface area contributed by atoms with Crippen LogP contribution in [0.2, 0.25) is 0 Å². The van der Waals surface area contributed by atoms with Crippen molar-refractivity contribution in [2.75, 3.05) is 6.54 Å². The minimum absolute atomic E-state index is 0.155. The molecular formula is C21H29N3O3S. The lowest BCUT2D eigenvalue weighted by Crippen LogP contribution is -2.46. The molecule has 1 fully saturated rings. The number of rotatable bonds is 7. The number of aryl methyl sites for hydroxylation is 2. The number of nitrogens with zero attached hydrogens (tertiary/aromatic N) is 3. The maximum absolute atomic E-state index is 12.8. The molecule has 2 heterocycles. The van der Waals surface area contributed by atoms with Crippen molar-refractivity contribution in [2.24, 2.45) is 0 Å². The van der Waals surface area contributed by atoms with Gasteiger partial charge in [-0.3, -0.25) is 4.79 Å². The van der Waals surface area contributed by atoms with Crippen molar-refractivity contribution in [1.82, 2.24) is 15.1 Å². The summed E-state index contributed by atoms with van der Waals surface area (Å²) in [6.07, 6.45) is 4.39. The summed E-state index contributed by atoms with van der Waals surface area (Å²) < 4.78 is 11.5. The van der Waals surface area contributed by atoms with E-state index in [2.05, 4.69) is 17.1 Å². The monoisotopic (exact) mass is 403 g/mol. The fourth-order valence-electron chi connectivity index (χ4n) is 3.50. The molecule has 0 aliphatic carbocycles. The maximum atomic E-state index is 12.8. The lowest BCUT2D eigenvalue weighted by molar-refractivity contribution is -0.134. The molecule has 1 aromatic carbocycles. The number of thioether (sulfide) groups is 1. The summed E-state index contributed by atoms with van der Waals surface area (Å²) in [6, 6.07) is 6.42. The number of amides is 1. The topological polar surface area (TPSA) is 68.5 Å². The van der Waals surface area contributed by atoms with E-state index in [1.165, 1.54) is 18.2 Å². The van der Waals surface area contributed by atoms with Crippen molar-refractivity contribution < 1.29 is 13.9 Å². The maximum Gasteiger partial charge on any atom is 0.277 e. The van der Waals surface area contributed by atoms with Gasteiger partial charge in [0.1, 0.15) is 5.75 Å². The highest BCUT2D eigenvalue weighted by Gasteiger charge is 2.30. The number of hydrogen-bond acceptors (Lipinski definition) is 6. The van der Waals surface area contributed by atoms with Crippen LogP contribution in [-0.4, -0.2) is 38.8 Å². The zero-order valence-electron chi connectivity index (χ0n) is 17.1. The van der Waals surface area contributed by atoms with Crippen LogP contribution < -0.4 is 4.74 Å². The summed E-state index contributed by atoms with van der Waals surface area (Å²) in [5.74, 6) is 1.38. The lowest BCUT2D eigenvalue weighted by Gasteiger charge is -2.36. The standard InChI is InChI=1S/C21H29N3O3S/c1-5-17-8-6-7-11-24(17)20(25)16(4)28-21-23-22-19(27-21)13-26-18-12-14(2)9-10-15(18)3/h9-10,12,16-17H,5-8,11,13H2,1-4H3. The van der Waals surface area contributed by atoms with Crippen LogP contribution in [0.3, 0.4) is 0 Å². The predicted octanol–water partition coefficient (Wildman–Crippen LogP) is 4.54. The van der Waals surface area contributed by atoms with E-state index in [9.17, 15) is 4.79 Å². The summed E-state index contributed by atoms with van der Waals surface area (Å²) in [5.41, 5.74) is 2.20. The second-order valence-corrected chi connectivity index (χ2v) is 8.66. The first kappa shape index (κ1) is 20.7. The van der Waals surface area contributed by atoms with Gasteiger partial charge >= 0.3 is 0 Å². The van der Waals surface area contributed by atoms with Crippen molar-refractivity contribution in [3.63, 3.8) is 0 Å². The number of piperidine rings is 1. The smallest absolute Gasteiger partial charge is 0.277 e. The molecule has 0 bridgehead atoms. The number of carbonyl (C=O) groups is 1. The van der Waals surface area contributed by atoms with E-state index in [-0.39, 0.29) is 17.8 Å². The van der Waals surface area contributed by atoms with E-state index in [4.69, 9.17) is 9.15 Å². The average molecular weight is 404 g/mol. The van der Waals surface area contributed by atoms with E-state index < -0.39 is 0 Å². The highest BCUT2D eigenvalue weighted by atomic mass is 32.2. The first-order valence-electron chi connectivity index (χ1n) is 9.97. The summed E-state index contributed by atoms with van der Waals surface area (Å²) >= 11 is 1.32. The Labute approximate surface area is 171 Å². The Morgan fingerprint density at radius 3 is 2.96 bits per heavy atom. The second kappa shape index (κ2) is 9.45. The molecule has 0 saturated carbocycles. The summed E-state index contributed by atoms with van der Waals surface area (Å²) in [6.45, 7) is 9.14. The van der Waals surface area contributed by atoms with Crippen LogP contribution in [-0.2, 0) is 11.4 Å². The van der Waals surface area contributed by atoms with Gasteiger partial charge in [0.2, 0.25) is 5.91 Å². The van der Waals surface area contributed by atoms with Gasteiger partial charge < -0.3 is 14.1 Å². The van der Waals surface area contributed by atoms with Crippen LogP contribution in [0, 0.1) is 13.8 Å². The Bertz CT molecular complexity index is 808. The normalized spacial score (nSPS) is 18.1. The van der Waals surface area contributed by atoms with Crippen molar-refractivity contribution in [3.8, 4) is 5.75 Å². The third kappa shape index (κ3) is 5.07. The zero-order chi connectivity index (χ0) is 20.1. The molecule has 2 aromatic rings. The molecule has 1 aliphatic heterocycles. The predicted molar refractivity (Wildman–Crippen MR) is 110 cm³/mol. The SMILES string of the molecule is CCC1CCCCN1C(=O)C(C)Sc1nnc(COc2cc(C)ccc2C)o1.